The van der Waals surface area contributed by atoms with Crippen LogP contribution in [0.15, 0.2) is 24.4 Å². The highest BCUT2D eigenvalue weighted by Crippen LogP contribution is 2.27. The molecule has 2 aliphatic rings. The molecule has 26 heavy (non-hydrogen) atoms. The van der Waals surface area contributed by atoms with Crippen LogP contribution < -0.4 is 0 Å². The van der Waals surface area contributed by atoms with Gasteiger partial charge in [-0.05, 0) is 36.0 Å². The summed E-state index contributed by atoms with van der Waals surface area (Å²) < 4.78 is 32.2. The Labute approximate surface area is 154 Å². The van der Waals surface area contributed by atoms with E-state index in [4.69, 9.17) is 4.74 Å². The molecule has 2 aliphatic heterocycles. The van der Waals surface area contributed by atoms with Gasteiger partial charge in [0.05, 0.1) is 31.7 Å². The minimum atomic E-state index is -3.09. The van der Waals surface area contributed by atoms with Crippen LogP contribution >= 0.6 is 0 Å². The van der Waals surface area contributed by atoms with E-state index in [-0.39, 0.29) is 5.92 Å². The van der Waals surface area contributed by atoms with E-state index in [0.29, 0.717) is 26.2 Å². The maximum absolute atomic E-state index is 11.6. The Morgan fingerprint density at radius 3 is 2.81 bits per heavy atom. The summed E-state index contributed by atoms with van der Waals surface area (Å²) in [6.45, 7) is 3.28. The summed E-state index contributed by atoms with van der Waals surface area (Å²) in [6.07, 6.45) is 5.84. The molecule has 1 fully saturated rings. The van der Waals surface area contributed by atoms with Crippen LogP contribution in [0.3, 0.4) is 0 Å². The average Bonchev–Trinajstić information content (AvgIpc) is 3.09. The molecule has 0 atom stereocenters. The molecule has 4 rings (SSSR count). The molecule has 0 spiro atoms. The van der Waals surface area contributed by atoms with E-state index in [1.54, 1.807) is 4.31 Å². The minimum Gasteiger partial charge on any atom is -0.376 e. The van der Waals surface area contributed by atoms with Crippen molar-refractivity contribution in [2.45, 2.75) is 38.3 Å². The largest absolute Gasteiger partial charge is 0.376 e. The Morgan fingerprint density at radius 2 is 2.04 bits per heavy atom. The Morgan fingerprint density at radius 1 is 1.23 bits per heavy atom. The van der Waals surface area contributed by atoms with Gasteiger partial charge in [0, 0.05) is 25.2 Å². The molecule has 3 heterocycles. The third-order valence-electron chi connectivity index (χ3n) is 5.29. The predicted molar refractivity (Wildman–Crippen MR) is 97.3 cm³/mol. The lowest BCUT2D eigenvalue weighted by Crippen LogP contribution is -2.37. The summed E-state index contributed by atoms with van der Waals surface area (Å²) >= 11 is 0. The molecule has 8 heteroatoms. The summed E-state index contributed by atoms with van der Waals surface area (Å²) in [6, 6.07) is 6.53. The molecule has 0 aliphatic carbocycles. The summed E-state index contributed by atoms with van der Waals surface area (Å²) in [5.74, 6) is 0.277. The molecule has 1 aromatic heterocycles. The van der Waals surface area contributed by atoms with Crippen LogP contribution in [-0.2, 0) is 34.3 Å². The van der Waals surface area contributed by atoms with Gasteiger partial charge in [-0.1, -0.05) is 23.4 Å². The zero-order chi connectivity index (χ0) is 18.1. The Kier molecular flexibility index (Phi) is 4.81. The second kappa shape index (κ2) is 7.09. The van der Waals surface area contributed by atoms with Gasteiger partial charge in [0.25, 0.3) is 0 Å². The first kappa shape index (κ1) is 17.6. The van der Waals surface area contributed by atoms with Crippen LogP contribution in [0.25, 0.3) is 0 Å². The number of rotatable bonds is 4. The second-order valence-corrected chi connectivity index (χ2v) is 9.17. The third-order valence-corrected chi connectivity index (χ3v) is 6.59. The molecule has 0 amide bonds. The molecule has 1 saturated heterocycles. The monoisotopic (exact) mass is 376 g/mol. The topological polar surface area (TPSA) is 77.3 Å². The Hall–Kier alpha value is -1.77. The van der Waals surface area contributed by atoms with Crippen molar-refractivity contribution in [3.63, 3.8) is 0 Å². The standard InChI is InChI=1S/C18H24N4O3S/c1-26(23,24)22-7-4-16(5-8-22)18-12-21(20-19-18)11-14-2-3-15-6-9-25-13-17(15)10-14/h2-3,10,12,16H,4-9,11,13H2,1H3. The highest BCUT2D eigenvalue weighted by Gasteiger charge is 2.27. The molecule has 7 nitrogen and oxygen atoms in total. The molecule has 1 aromatic carbocycles. The van der Waals surface area contributed by atoms with E-state index in [0.717, 1.165) is 31.6 Å². The fourth-order valence-electron chi connectivity index (χ4n) is 3.77. The lowest BCUT2D eigenvalue weighted by Gasteiger charge is -2.28. The van der Waals surface area contributed by atoms with Crippen molar-refractivity contribution < 1.29 is 13.2 Å². The second-order valence-electron chi connectivity index (χ2n) is 7.18. The molecule has 0 unspecified atom stereocenters. The summed E-state index contributed by atoms with van der Waals surface area (Å²) in [4.78, 5) is 0. The maximum atomic E-state index is 11.6. The van der Waals surface area contributed by atoms with Crippen LogP contribution in [0.4, 0.5) is 0 Å². The number of sulfonamides is 1. The van der Waals surface area contributed by atoms with E-state index >= 15 is 0 Å². The SMILES string of the molecule is CS(=O)(=O)N1CCC(c2cn(Cc3ccc4c(c3)COCC4)nn2)CC1. The summed E-state index contributed by atoms with van der Waals surface area (Å²) in [7, 11) is -3.09. The van der Waals surface area contributed by atoms with Crippen molar-refractivity contribution in [1.29, 1.82) is 0 Å². The third kappa shape index (κ3) is 3.82. The maximum Gasteiger partial charge on any atom is 0.211 e. The van der Waals surface area contributed by atoms with Gasteiger partial charge in [-0.3, -0.25) is 0 Å². The molecule has 0 radical (unpaired) electrons. The zero-order valence-electron chi connectivity index (χ0n) is 15.0. The highest BCUT2D eigenvalue weighted by molar-refractivity contribution is 7.88. The van der Waals surface area contributed by atoms with Gasteiger partial charge < -0.3 is 4.74 Å². The van der Waals surface area contributed by atoms with Gasteiger partial charge in [-0.15, -0.1) is 5.10 Å². The first-order valence-corrected chi connectivity index (χ1v) is 10.9. The van der Waals surface area contributed by atoms with Crippen molar-refractivity contribution in [3.05, 3.63) is 46.8 Å². The summed E-state index contributed by atoms with van der Waals surface area (Å²) in [5.41, 5.74) is 4.79. The van der Waals surface area contributed by atoms with Crippen LogP contribution in [0, 0.1) is 0 Å². The van der Waals surface area contributed by atoms with E-state index < -0.39 is 10.0 Å². The normalized spacial score (nSPS) is 19.4. The molecule has 140 valence electrons. The fourth-order valence-corrected chi connectivity index (χ4v) is 4.64. The number of fused-ring (bicyclic) bond motifs is 1. The quantitative estimate of drug-likeness (QED) is 0.809. The number of nitrogens with zero attached hydrogens (tertiary/aromatic N) is 4. The van der Waals surface area contributed by atoms with Crippen LogP contribution in [0.2, 0.25) is 0 Å². The number of hydrogen-bond acceptors (Lipinski definition) is 5. The number of benzene rings is 1. The van der Waals surface area contributed by atoms with E-state index in [1.807, 2.05) is 10.9 Å². The smallest absolute Gasteiger partial charge is 0.211 e. The van der Waals surface area contributed by atoms with Gasteiger partial charge in [0.1, 0.15) is 0 Å². The van der Waals surface area contributed by atoms with Crippen molar-refractivity contribution in [2.24, 2.45) is 0 Å². The van der Waals surface area contributed by atoms with Crippen molar-refractivity contribution >= 4 is 10.0 Å². The zero-order valence-corrected chi connectivity index (χ0v) is 15.8. The van der Waals surface area contributed by atoms with Crippen molar-refractivity contribution in [1.82, 2.24) is 19.3 Å². The van der Waals surface area contributed by atoms with Crippen LogP contribution in [0.1, 0.15) is 41.1 Å². The molecule has 0 saturated carbocycles. The van der Waals surface area contributed by atoms with Gasteiger partial charge in [-0.25, -0.2) is 17.4 Å². The number of hydrogen-bond donors (Lipinski definition) is 0. The Bertz CT molecular complexity index is 886. The molecular formula is C18H24N4O3S. The van der Waals surface area contributed by atoms with E-state index in [9.17, 15) is 8.42 Å². The number of ether oxygens (including phenoxy) is 1. The van der Waals surface area contributed by atoms with Gasteiger partial charge in [0.2, 0.25) is 10.0 Å². The van der Waals surface area contributed by atoms with Gasteiger partial charge in [0.15, 0.2) is 0 Å². The van der Waals surface area contributed by atoms with Crippen molar-refractivity contribution in [2.75, 3.05) is 26.0 Å². The average molecular weight is 376 g/mol. The van der Waals surface area contributed by atoms with E-state index in [2.05, 4.69) is 28.5 Å². The molecule has 2 aromatic rings. The number of piperidine rings is 1. The van der Waals surface area contributed by atoms with E-state index in [1.165, 1.54) is 22.9 Å². The molecule has 0 bridgehead atoms. The van der Waals surface area contributed by atoms with Gasteiger partial charge >= 0.3 is 0 Å². The molecule has 0 N–H and O–H groups in total. The first-order valence-electron chi connectivity index (χ1n) is 9.02. The lowest BCUT2D eigenvalue weighted by molar-refractivity contribution is 0.110. The van der Waals surface area contributed by atoms with Crippen LogP contribution in [0.5, 0.6) is 0 Å². The minimum absolute atomic E-state index is 0.277. The highest BCUT2D eigenvalue weighted by atomic mass is 32.2. The number of aromatic nitrogens is 3. The first-order chi connectivity index (χ1) is 12.5. The molecular weight excluding hydrogens is 352 g/mol. The van der Waals surface area contributed by atoms with Crippen molar-refractivity contribution in [3.8, 4) is 0 Å². The summed E-state index contributed by atoms with van der Waals surface area (Å²) in [5, 5.41) is 8.60. The Balaban J connectivity index is 1.41. The predicted octanol–water partition coefficient (Wildman–Crippen LogP) is 1.54. The fraction of sp³-hybridized carbons (Fsp3) is 0.556. The van der Waals surface area contributed by atoms with Gasteiger partial charge in [-0.2, -0.15) is 0 Å². The lowest BCUT2D eigenvalue weighted by atomic mass is 9.95. The van der Waals surface area contributed by atoms with Crippen LogP contribution in [-0.4, -0.2) is 53.7 Å².